The lowest BCUT2D eigenvalue weighted by Crippen LogP contribution is -2.35. The number of piperidine rings is 1. The van der Waals surface area contributed by atoms with E-state index in [9.17, 15) is 13.6 Å². The Balaban J connectivity index is 0.00000180. The fourth-order valence-corrected chi connectivity index (χ4v) is 2.28. The van der Waals surface area contributed by atoms with Crippen LogP contribution in [0.15, 0.2) is 18.2 Å². The van der Waals surface area contributed by atoms with E-state index >= 15 is 0 Å². The standard InChI is InChI=1S/C13H15F2NO2.ClH/c1-18-13(17)9-4-5-16-12(7-9)8-2-3-10(14)11(15)6-8;/h2-3,6,9,12,16H,4-5,7H2,1H3;1H. The summed E-state index contributed by atoms with van der Waals surface area (Å²) >= 11 is 0. The molecule has 6 heteroatoms. The fraction of sp³-hybridized carbons (Fsp3) is 0.462. The van der Waals surface area contributed by atoms with E-state index in [1.807, 2.05) is 0 Å². The van der Waals surface area contributed by atoms with Crippen LogP contribution in [0.1, 0.15) is 24.4 Å². The minimum absolute atomic E-state index is 0. The van der Waals surface area contributed by atoms with Gasteiger partial charge < -0.3 is 10.1 Å². The van der Waals surface area contributed by atoms with Crippen LogP contribution in [0.2, 0.25) is 0 Å². The molecule has 0 saturated carbocycles. The molecule has 19 heavy (non-hydrogen) atoms. The van der Waals surface area contributed by atoms with Gasteiger partial charge in [0.25, 0.3) is 0 Å². The molecular weight excluding hydrogens is 276 g/mol. The average Bonchev–Trinajstić information content (AvgIpc) is 2.41. The minimum atomic E-state index is -0.866. The van der Waals surface area contributed by atoms with Crippen molar-refractivity contribution in [2.75, 3.05) is 13.7 Å². The summed E-state index contributed by atoms with van der Waals surface area (Å²) in [6.45, 7) is 0.656. The summed E-state index contributed by atoms with van der Waals surface area (Å²) < 4.78 is 30.7. The van der Waals surface area contributed by atoms with Crippen molar-refractivity contribution in [1.29, 1.82) is 0 Å². The number of nitrogens with one attached hydrogen (secondary N) is 1. The molecule has 0 bridgehead atoms. The highest BCUT2D eigenvalue weighted by Crippen LogP contribution is 2.28. The van der Waals surface area contributed by atoms with E-state index in [1.165, 1.54) is 19.2 Å². The SMILES string of the molecule is COC(=O)C1CCNC(c2ccc(F)c(F)c2)C1.Cl. The smallest absolute Gasteiger partial charge is 0.308 e. The van der Waals surface area contributed by atoms with E-state index < -0.39 is 11.6 Å². The Morgan fingerprint density at radius 2 is 2.11 bits per heavy atom. The summed E-state index contributed by atoms with van der Waals surface area (Å²) in [6.07, 6.45) is 1.24. The van der Waals surface area contributed by atoms with Crippen LogP contribution in [0, 0.1) is 17.6 Å². The normalized spacial score (nSPS) is 22.5. The van der Waals surface area contributed by atoms with Crippen molar-refractivity contribution in [2.24, 2.45) is 5.92 Å². The molecular formula is C13H16ClF2NO2. The van der Waals surface area contributed by atoms with Crippen molar-refractivity contribution >= 4 is 18.4 Å². The number of rotatable bonds is 2. The molecule has 1 heterocycles. The lowest BCUT2D eigenvalue weighted by atomic mass is 9.89. The Kier molecular flexibility index (Phi) is 5.69. The lowest BCUT2D eigenvalue weighted by molar-refractivity contribution is -0.146. The highest BCUT2D eigenvalue weighted by Gasteiger charge is 2.28. The molecule has 0 aliphatic carbocycles. The topological polar surface area (TPSA) is 38.3 Å². The van der Waals surface area contributed by atoms with Gasteiger partial charge in [-0.3, -0.25) is 4.79 Å². The zero-order valence-corrected chi connectivity index (χ0v) is 11.3. The number of hydrogen-bond donors (Lipinski definition) is 1. The maximum atomic E-state index is 13.2. The van der Waals surface area contributed by atoms with E-state index in [0.717, 1.165) is 6.07 Å². The van der Waals surface area contributed by atoms with Crippen LogP contribution in [0.4, 0.5) is 8.78 Å². The first-order valence-corrected chi connectivity index (χ1v) is 5.88. The largest absolute Gasteiger partial charge is 0.469 e. The summed E-state index contributed by atoms with van der Waals surface area (Å²) in [7, 11) is 1.36. The molecule has 2 unspecified atom stereocenters. The number of benzene rings is 1. The van der Waals surface area contributed by atoms with Gasteiger partial charge in [-0.15, -0.1) is 12.4 Å². The quantitative estimate of drug-likeness (QED) is 0.851. The first kappa shape index (κ1) is 15.9. The Labute approximate surface area is 116 Å². The highest BCUT2D eigenvalue weighted by atomic mass is 35.5. The van der Waals surface area contributed by atoms with Crippen LogP contribution in [-0.4, -0.2) is 19.6 Å². The summed E-state index contributed by atoms with van der Waals surface area (Å²) in [5, 5.41) is 3.19. The summed E-state index contributed by atoms with van der Waals surface area (Å²) in [6, 6.07) is 3.68. The Hall–Kier alpha value is -1.20. The number of ether oxygens (including phenoxy) is 1. The van der Waals surface area contributed by atoms with Crippen molar-refractivity contribution in [3.05, 3.63) is 35.4 Å². The van der Waals surface area contributed by atoms with Crippen molar-refractivity contribution < 1.29 is 18.3 Å². The first-order chi connectivity index (χ1) is 8.61. The van der Waals surface area contributed by atoms with Gasteiger partial charge in [-0.2, -0.15) is 0 Å². The number of carbonyl (C=O) groups excluding carboxylic acids is 1. The van der Waals surface area contributed by atoms with Crippen molar-refractivity contribution in [3.8, 4) is 0 Å². The number of methoxy groups -OCH3 is 1. The average molecular weight is 292 g/mol. The molecule has 1 aliphatic heterocycles. The molecule has 1 aliphatic rings. The van der Waals surface area contributed by atoms with Crippen LogP contribution in [0.25, 0.3) is 0 Å². The second-order valence-corrected chi connectivity index (χ2v) is 4.42. The van der Waals surface area contributed by atoms with Gasteiger partial charge in [0.2, 0.25) is 0 Å². The van der Waals surface area contributed by atoms with Gasteiger partial charge in [0.15, 0.2) is 11.6 Å². The molecule has 1 saturated heterocycles. The molecule has 2 atom stereocenters. The molecule has 0 amide bonds. The highest BCUT2D eigenvalue weighted by molar-refractivity contribution is 5.85. The van der Waals surface area contributed by atoms with Crippen LogP contribution in [0.3, 0.4) is 0 Å². The van der Waals surface area contributed by atoms with Crippen molar-refractivity contribution in [2.45, 2.75) is 18.9 Å². The molecule has 3 nitrogen and oxygen atoms in total. The van der Waals surface area contributed by atoms with E-state index in [1.54, 1.807) is 0 Å². The van der Waals surface area contributed by atoms with Crippen LogP contribution in [-0.2, 0) is 9.53 Å². The zero-order chi connectivity index (χ0) is 13.1. The van der Waals surface area contributed by atoms with E-state index in [0.29, 0.717) is 24.9 Å². The molecule has 1 N–H and O–H groups in total. The number of halogens is 3. The predicted molar refractivity (Wildman–Crippen MR) is 69.1 cm³/mol. The maximum absolute atomic E-state index is 13.2. The number of esters is 1. The first-order valence-electron chi connectivity index (χ1n) is 5.88. The van der Waals surface area contributed by atoms with E-state index in [-0.39, 0.29) is 30.3 Å². The van der Waals surface area contributed by atoms with Gasteiger partial charge in [0, 0.05) is 6.04 Å². The van der Waals surface area contributed by atoms with E-state index in [2.05, 4.69) is 5.32 Å². The van der Waals surface area contributed by atoms with Crippen molar-refractivity contribution in [3.63, 3.8) is 0 Å². The summed E-state index contributed by atoms with van der Waals surface area (Å²) in [5.74, 6) is -2.16. The Morgan fingerprint density at radius 1 is 1.37 bits per heavy atom. The molecule has 0 radical (unpaired) electrons. The Bertz CT molecular complexity index is 456. The van der Waals surface area contributed by atoms with Gasteiger partial charge in [0.1, 0.15) is 0 Å². The minimum Gasteiger partial charge on any atom is -0.469 e. The maximum Gasteiger partial charge on any atom is 0.308 e. The van der Waals surface area contributed by atoms with Gasteiger partial charge in [-0.1, -0.05) is 6.07 Å². The second-order valence-electron chi connectivity index (χ2n) is 4.42. The van der Waals surface area contributed by atoms with Gasteiger partial charge in [-0.25, -0.2) is 8.78 Å². The van der Waals surface area contributed by atoms with E-state index in [4.69, 9.17) is 4.74 Å². The monoisotopic (exact) mass is 291 g/mol. The summed E-state index contributed by atoms with van der Waals surface area (Å²) in [5.41, 5.74) is 0.655. The second kappa shape index (κ2) is 6.82. The molecule has 1 aromatic carbocycles. The Morgan fingerprint density at radius 3 is 2.74 bits per heavy atom. The molecule has 1 fully saturated rings. The molecule has 1 aromatic rings. The third-order valence-corrected chi connectivity index (χ3v) is 3.28. The predicted octanol–water partition coefficient (Wildman–Crippen LogP) is 2.60. The fourth-order valence-electron chi connectivity index (χ4n) is 2.28. The molecule has 0 aromatic heterocycles. The lowest BCUT2D eigenvalue weighted by Gasteiger charge is -2.29. The number of carbonyl (C=O) groups is 1. The third-order valence-electron chi connectivity index (χ3n) is 3.28. The summed E-state index contributed by atoms with van der Waals surface area (Å²) in [4.78, 5) is 11.5. The third kappa shape index (κ3) is 3.64. The van der Waals surface area contributed by atoms with Gasteiger partial charge in [0.05, 0.1) is 13.0 Å². The number of hydrogen-bond acceptors (Lipinski definition) is 3. The van der Waals surface area contributed by atoms with Gasteiger partial charge >= 0.3 is 5.97 Å². The molecule has 0 spiro atoms. The van der Waals surface area contributed by atoms with Crippen LogP contribution < -0.4 is 5.32 Å². The van der Waals surface area contributed by atoms with Crippen molar-refractivity contribution in [1.82, 2.24) is 5.32 Å². The molecule has 106 valence electrons. The molecule has 2 rings (SSSR count). The zero-order valence-electron chi connectivity index (χ0n) is 10.5. The van der Waals surface area contributed by atoms with Gasteiger partial charge in [-0.05, 0) is 37.1 Å². The van der Waals surface area contributed by atoms with Crippen LogP contribution >= 0.6 is 12.4 Å². The van der Waals surface area contributed by atoms with Crippen LogP contribution in [0.5, 0.6) is 0 Å².